The van der Waals surface area contributed by atoms with E-state index in [1.807, 2.05) is 20.8 Å². The maximum atomic E-state index is 11.3. The largest absolute Gasteiger partial charge is 0.377 e. The lowest BCUT2D eigenvalue weighted by Crippen LogP contribution is -2.56. The van der Waals surface area contributed by atoms with E-state index in [1.54, 1.807) is 6.92 Å². The predicted octanol–water partition coefficient (Wildman–Crippen LogP) is 0.672. The molecule has 5 nitrogen and oxygen atoms in total. The van der Waals surface area contributed by atoms with Crippen molar-refractivity contribution >= 4 is 5.91 Å². The fourth-order valence-electron chi connectivity index (χ4n) is 1.23. The highest BCUT2D eigenvalue weighted by atomic mass is 16.5. The number of carbonyl (C=O) groups excluding carboxylic acids is 1. The van der Waals surface area contributed by atoms with E-state index in [0.717, 1.165) is 13.0 Å². The summed E-state index contributed by atoms with van der Waals surface area (Å²) >= 11 is 0. The fraction of sp³-hybridized carbons (Fsp3) is 0.917. The molecule has 1 unspecified atom stereocenters. The molecular weight excluding hydrogens is 220 g/mol. The van der Waals surface area contributed by atoms with Crippen LogP contribution < -0.4 is 11.1 Å². The van der Waals surface area contributed by atoms with E-state index in [1.165, 1.54) is 0 Å². The molecule has 102 valence electrons. The molecule has 0 bridgehead atoms. The average molecular weight is 246 g/mol. The molecule has 0 heterocycles. The summed E-state index contributed by atoms with van der Waals surface area (Å²) in [6.45, 7) is 9.73. The number of rotatable bonds is 10. The molecule has 3 N–H and O–H groups in total. The van der Waals surface area contributed by atoms with E-state index in [2.05, 4.69) is 5.32 Å². The van der Waals surface area contributed by atoms with Crippen LogP contribution in [0, 0.1) is 0 Å². The summed E-state index contributed by atoms with van der Waals surface area (Å²) in [5.74, 6) is -0.393. The number of amides is 1. The van der Waals surface area contributed by atoms with Crippen molar-refractivity contribution in [3.8, 4) is 0 Å². The molecule has 1 amide bonds. The number of nitrogens with two attached hydrogens (primary N) is 1. The number of ether oxygens (including phenoxy) is 2. The molecule has 0 aromatic rings. The summed E-state index contributed by atoms with van der Waals surface area (Å²) in [6.07, 6.45) is 1.14. The van der Waals surface area contributed by atoms with E-state index in [4.69, 9.17) is 15.2 Å². The Morgan fingerprint density at radius 1 is 1.41 bits per heavy atom. The molecule has 0 aromatic heterocycles. The number of carbonyl (C=O) groups is 1. The van der Waals surface area contributed by atoms with Crippen LogP contribution in [0.1, 0.15) is 34.1 Å². The standard InChI is InChI=1S/C12H26N2O3/c1-5-6-14-12(4,11(13)15)9-16-7-8-17-10(2)3/h10,14H,5-9H2,1-4H3,(H2,13,15). The molecule has 0 aliphatic rings. The molecule has 0 fully saturated rings. The molecule has 0 radical (unpaired) electrons. The third-order valence-corrected chi connectivity index (χ3v) is 2.38. The van der Waals surface area contributed by atoms with Gasteiger partial charge in [-0.3, -0.25) is 4.79 Å². The maximum Gasteiger partial charge on any atom is 0.239 e. The van der Waals surface area contributed by atoms with Crippen molar-refractivity contribution in [2.75, 3.05) is 26.4 Å². The summed E-state index contributed by atoms with van der Waals surface area (Å²) in [7, 11) is 0. The zero-order chi connectivity index (χ0) is 13.3. The molecule has 5 heteroatoms. The second-order valence-electron chi connectivity index (χ2n) is 4.60. The third-order valence-electron chi connectivity index (χ3n) is 2.38. The van der Waals surface area contributed by atoms with Gasteiger partial charge in [0.15, 0.2) is 0 Å². The first kappa shape index (κ1) is 16.4. The molecule has 1 atom stereocenters. The molecule has 0 aliphatic heterocycles. The van der Waals surface area contributed by atoms with Crippen LogP contribution in [-0.2, 0) is 14.3 Å². The van der Waals surface area contributed by atoms with Gasteiger partial charge in [0, 0.05) is 0 Å². The molecule has 0 saturated heterocycles. The van der Waals surface area contributed by atoms with Crippen LogP contribution >= 0.6 is 0 Å². The predicted molar refractivity (Wildman–Crippen MR) is 67.8 cm³/mol. The molecule has 0 saturated carbocycles. The Hall–Kier alpha value is -0.650. The van der Waals surface area contributed by atoms with Crippen LogP contribution in [0.4, 0.5) is 0 Å². The monoisotopic (exact) mass is 246 g/mol. The number of nitrogens with one attached hydrogen (secondary N) is 1. The zero-order valence-corrected chi connectivity index (χ0v) is 11.4. The van der Waals surface area contributed by atoms with E-state index < -0.39 is 11.4 Å². The summed E-state index contributed by atoms with van der Waals surface area (Å²) in [6, 6.07) is 0. The van der Waals surface area contributed by atoms with Gasteiger partial charge in [-0.05, 0) is 33.7 Å². The lowest BCUT2D eigenvalue weighted by Gasteiger charge is -2.27. The first-order chi connectivity index (χ1) is 7.92. The van der Waals surface area contributed by atoms with Gasteiger partial charge < -0.3 is 20.5 Å². The van der Waals surface area contributed by atoms with Crippen molar-refractivity contribution in [3.05, 3.63) is 0 Å². The van der Waals surface area contributed by atoms with Crippen LogP contribution in [0.15, 0.2) is 0 Å². The summed E-state index contributed by atoms with van der Waals surface area (Å²) in [5.41, 5.74) is 4.56. The highest BCUT2D eigenvalue weighted by molar-refractivity contribution is 5.84. The van der Waals surface area contributed by atoms with Crippen LogP contribution in [0.25, 0.3) is 0 Å². The zero-order valence-electron chi connectivity index (χ0n) is 11.4. The number of hydrogen-bond acceptors (Lipinski definition) is 4. The Morgan fingerprint density at radius 2 is 2.06 bits per heavy atom. The first-order valence-electron chi connectivity index (χ1n) is 6.16. The Morgan fingerprint density at radius 3 is 2.53 bits per heavy atom. The quantitative estimate of drug-likeness (QED) is 0.556. The molecular formula is C12H26N2O3. The van der Waals surface area contributed by atoms with E-state index >= 15 is 0 Å². The number of hydrogen-bond donors (Lipinski definition) is 2. The molecule has 0 aromatic carbocycles. The molecule has 0 rings (SSSR count). The Bertz CT molecular complexity index is 222. The van der Waals surface area contributed by atoms with Gasteiger partial charge in [0.25, 0.3) is 0 Å². The smallest absolute Gasteiger partial charge is 0.239 e. The van der Waals surface area contributed by atoms with Crippen molar-refractivity contribution in [2.24, 2.45) is 5.73 Å². The van der Waals surface area contributed by atoms with Crippen molar-refractivity contribution < 1.29 is 14.3 Å². The minimum Gasteiger partial charge on any atom is -0.377 e. The van der Waals surface area contributed by atoms with E-state index in [-0.39, 0.29) is 12.7 Å². The van der Waals surface area contributed by atoms with Crippen molar-refractivity contribution in [3.63, 3.8) is 0 Å². The first-order valence-corrected chi connectivity index (χ1v) is 6.16. The Labute approximate surface area is 104 Å². The average Bonchev–Trinajstić information content (AvgIpc) is 2.25. The highest BCUT2D eigenvalue weighted by Gasteiger charge is 2.30. The van der Waals surface area contributed by atoms with Gasteiger partial charge in [0.05, 0.1) is 25.9 Å². The van der Waals surface area contributed by atoms with E-state index in [0.29, 0.717) is 13.2 Å². The summed E-state index contributed by atoms with van der Waals surface area (Å²) in [5, 5.41) is 3.10. The van der Waals surface area contributed by atoms with Gasteiger partial charge in [0.1, 0.15) is 5.54 Å². The van der Waals surface area contributed by atoms with Gasteiger partial charge in [0.2, 0.25) is 5.91 Å². The SMILES string of the molecule is CCCNC(C)(COCCOC(C)C)C(N)=O. The normalized spacial score (nSPS) is 14.9. The summed E-state index contributed by atoms with van der Waals surface area (Å²) in [4.78, 5) is 11.3. The van der Waals surface area contributed by atoms with Crippen molar-refractivity contribution in [2.45, 2.75) is 45.8 Å². The third kappa shape index (κ3) is 7.31. The Balaban J connectivity index is 3.88. The van der Waals surface area contributed by atoms with Crippen molar-refractivity contribution in [1.82, 2.24) is 5.32 Å². The maximum absolute atomic E-state index is 11.3. The van der Waals surface area contributed by atoms with Crippen LogP contribution in [0.3, 0.4) is 0 Å². The number of primary amides is 1. The fourth-order valence-corrected chi connectivity index (χ4v) is 1.23. The Kier molecular flexibility index (Phi) is 8.12. The molecule has 17 heavy (non-hydrogen) atoms. The van der Waals surface area contributed by atoms with E-state index in [9.17, 15) is 4.79 Å². The van der Waals surface area contributed by atoms with Gasteiger partial charge in [-0.15, -0.1) is 0 Å². The van der Waals surface area contributed by atoms with Crippen molar-refractivity contribution in [1.29, 1.82) is 0 Å². The van der Waals surface area contributed by atoms with Gasteiger partial charge >= 0.3 is 0 Å². The van der Waals surface area contributed by atoms with Crippen LogP contribution in [0.5, 0.6) is 0 Å². The van der Waals surface area contributed by atoms with Gasteiger partial charge in [-0.2, -0.15) is 0 Å². The highest BCUT2D eigenvalue weighted by Crippen LogP contribution is 2.04. The second kappa shape index (κ2) is 8.44. The van der Waals surface area contributed by atoms with Gasteiger partial charge in [-0.1, -0.05) is 6.92 Å². The topological polar surface area (TPSA) is 73.6 Å². The molecule has 0 aliphatic carbocycles. The minimum atomic E-state index is -0.798. The lowest BCUT2D eigenvalue weighted by molar-refractivity contribution is -0.126. The summed E-state index contributed by atoms with van der Waals surface area (Å²) < 4.78 is 10.8. The minimum absolute atomic E-state index is 0.194. The molecule has 0 spiro atoms. The van der Waals surface area contributed by atoms with Crippen LogP contribution in [0.2, 0.25) is 0 Å². The van der Waals surface area contributed by atoms with Gasteiger partial charge in [-0.25, -0.2) is 0 Å². The van der Waals surface area contributed by atoms with Crippen LogP contribution in [-0.4, -0.2) is 43.9 Å². The lowest BCUT2D eigenvalue weighted by atomic mass is 10.0. The second-order valence-corrected chi connectivity index (χ2v) is 4.60.